The lowest BCUT2D eigenvalue weighted by atomic mass is 10.0. The van der Waals surface area contributed by atoms with Crippen LogP contribution in [0.4, 0.5) is 0 Å². The summed E-state index contributed by atoms with van der Waals surface area (Å²) in [6.07, 6.45) is 79.8. The molecule has 0 radical (unpaired) electrons. The molecule has 0 aliphatic rings. The van der Waals surface area contributed by atoms with E-state index in [1.54, 1.807) is 0 Å². The number of carbonyl (C=O) groups is 3. The summed E-state index contributed by atoms with van der Waals surface area (Å²) >= 11 is 0. The van der Waals surface area contributed by atoms with Crippen LogP contribution < -0.4 is 0 Å². The summed E-state index contributed by atoms with van der Waals surface area (Å²) in [5, 5.41) is 0. The van der Waals surface area contributed by atoms with Gasteiger partial charge in [-0.2, -0.15) is 0 Å². The highest BCUT2D eigenvalue weighted by molar-refractivity contribution is 5.71. The Labute approximate surface area is 474 Å². The number of ether oxygens (including phenoxy) is 3. The molecule has 6 nitrogen and oxygen atoms in total. The Bertz CT molecular complexity index is 1230. The third kappa shape index (κ3) is 62.7. The number of unbranched alkanes of at least 4 members (excludes halogenated alkanes) is 49. The van der Waals surface area contributed by atoms with E-state index in [-0.39, 0.29) is 31.1 Å². The van der Waals surface area contributed by atoms with Crippen LogP contribution in [0.5, 0.6) is 0 Å². The number of hydrogen-bond donors (Lipinski definition) is 0. The first kappa shape index (κ1) is 73.9. The van der Waals surface area contributed by atoms with E-state index < -0.39 is 6.10 Å². The topological polar surface area (TPSA) is 78.9 Å². The SMILES string of the molecule is CCCCCCC/C=C\C/C=C\CCCCCCCCCCCC(=O)OC(COC(=O)CCCCCCC)COC(=O)CCCCCCCCCCCCCCCCCCCCCCCCCCCCCCCCCC. The molecule has 0 aromatic carbocycles. The highest BCUT2D eigenvalue weighted by Crippen LogP contribution is 2.19. The molecule has 0 aliphatic carbocycles. The number of hydrogen-bond acceptors (Lipinski definition) is 6. The van der Waals surface area contributed by atoms with Gasteiger partial charge < -0.3 is 14.2 Å². The Morgan fingerprint density at radius 1 is 0.263 bits per heavy atom. The van der Waals surface area contributed by atoms with Gasteiger partial charge in [0.05, 0.1) is 0 Å². The van der Waals surface area contributed by atoms with Crippen LogP contribution in [0.2, 0.25) is 0 Å². The van der Waals surface area contributed by atoms with E-state index in [9.17, 15) is 14.4 Å². The fourth-order valence-electron chi connectivity index (χ4n) is 10.5. The van der Waals surface area contributed by atoms with E-state index in [1.165, 1.54) is 276 Å². The molecule has 0 heterocycles. The van der Waals surface area contributed by atoms with Gasteiger partial charge in [0.1, 0.15) is 13.2 Å². The third-order valence-electron chi connectivity index (χ3n) is 15.7. The largest absolute Gasteiger partial charge is 0.462 e. The molecule has 0 aromatic rings. The molecule has 0 saturated heterocycles. The molecule has 0 aliphatic heterocycles. The lowest BCUT2D eigenvalue weighted by Gasteiger charge is -2.18. The number of esters is 3. The first-order chi connectivity index (χ1) is 37.5. The number of allylic oxidation sites excluding steroid dienone is 4. The number of rotatable bonds is 64. The normalized spacial score (nSPS) is 12.1. The maximum Gasteiger partial charge on any atom is 0.306 e. The van der Waals surface area contributed by atoms with Gasteiger partial charge in [-0.3, -0.25) is 14.4 Å². The fourth-order valence-corrected chi connectivity index (χ4v) is 10.5. The minimum absolute atomic E-state index is 0.0685. The van der Waals surface area contributed by atoms with Crippen LogP contribution in [0.3, 0.4) is 0 Å². The quantitative estimate of drug-likeness (QED) is 0.0261. The van der Waals surface area contributed by atoms with Crippen LogP contribution in [-0.4, -0.2) is 37.2 Å². The zero-order valence-corrected chi connectivity index (χ0v) is 51.6. The first-order valence-corrected chi connectivity index (χ1v) is 34.3. The van der Waals surface area contributed by atoms with E-state index in [1.807, 2.05) is 0 Å². The second kappa shape index (κ2) is 65.4. The van der Waals surface area contributed by atoms with Gasteiger partial charge in [-0.15, -0.1) is 0 Å². The Morgan fingerprint density at radius 2 is 0.474 bits per heavy atom. The summed E-state index contributed by atoms with van der Waals surface area (Å²) in [6, 6.07) is 0. The average molecular weight is 1070 g/mol. The summed E-state index contributed by atoms with van der Waals surface area (Å²) in [4.78, 5) is 37.9. The summed E-state index contributed by atoms with van der Waals surface area (Å²) in [6.45, 7) is 6.61. The van der Waals surface area contributed by atoms with Crippen molar-refractivity contribution in [2.75, 3.05) is 13.2 Å². The zero-order chi connectivity index (χ0) is 55.0. The third-order valence-corrected chi connectivity index (χ3v) is 15.7. The van der Waals surface area contributed by atoms with Crippen LogP contribution >= 0.6 is 0 Å². The smallest absolute Gasteiger partial charge is 0.306 e. The molecule has 6 heteroatoms. The van der Waals surface area contributed by atoms with Crippen molar-refractivity contribution in [3.8, 4) is 0 Å². The highest BCUT2D eigenvalue weighted by atomic mass is 16.6. The van der Waals surface area contributed by atoms with Crippen molar-refractivity contribution >= 4 is 17.9 Å². The highest BCUT2D eigenvalue weighted by Gasteiger charge is 2.19. The van der Waals surface area contributed by atoms with E-state index >= 15 is 0 Å². The van der Waals surface area contributed by atoms with Gasteiger partial charge in [0.2, 0.25) is 0 Å². The number of carbonyl (C=O) groups excluding carboxylic acids is 3. The van der Waals surface area contributed by atoms with Gasteiger partial charge in [-0.1, -0.05) is 340 Å². The lowest BCUT2D eigenvalue weighted by Crippen LogP contribution is -2.30. The van der Waals surface area contributed by atoms with E-state index in [0.29, 0.717) is 19.3 Å². The maximum atomic E-state index is 12.8. The van der Waals surface area contributed by atoms with Crippen LogP contribution in [0.15, 0.2) is 24.3 Å². The van der Waals surface area contributed by atoms with Gasteiger partial charge in [0.15, 0.2) is 6.10 Å². The first-order valence-electron chi connectivity index (χ1n) is 34.3. The molecule has 0 aromatic heterocycles. The minimum Gasteiger partial charge on any atom is -0.462 e. The lowest BCUT2D eigenvalue weighted by molar-refractivity contribution is -0.167. The molecular weight excluding hydrogens is 937 g/mol. The van der Waals surface area contributed by atoms with Crippen LogP contribution in [-0.2, 0) is 28.6 Å². The Morgan fingerprint density at radius 3 is 0.724 bits per heavy atom. The summed E-state index contributed by atoms with van der Waals surface area (Å²) < 4.78 is 16.8. The molecule has 448 valence electrons. The predicted molar refractivity (Wildman–Crippen MR) is 330 cm³/mol. The Kier molecular flexibility index (Phi) is 63.6. The van der Waals surface area contributed by atoms with Gasteiger partial charge >= 0.3 is 17.9 Å². The molecule has 1 atom stereocenters. The van der Waals surface area contributed by atoms with Gasteiger partial charge in [-0.05, 0) is 51.4 Å². The second-order valence-electron chi connectivity index (χ2n) is 23.5. The van der Waals surface area contributed by atoms with E-state index in [4.69, 9.17) is 14.2 Å². The van der Waals surface area contributed by atoms with Gasteiger partial charge in [-0.25, -0.2) is 0 Å². The zero-order valence-electron chi connectivity index (χ0n) is 51.6. The summed E-state index contributed by atoms with van der Waals surface area (Å²) in [7, 11) is 0. The molecule has 1 unspecified atom stereocenters. The molecule has 0 spiro atoms. The minimum atomic E-state index is -0.768. The molecule has 0 amide bonds. The van der Waals surface area contributed by atoms with Gasteiger partial charge in [0, 0.05) is 19.3 Å². The van der Waals surface area contributed by atoms with Crippen LogP contribution in [0.25, 0.3) is 0 Å². The molecular formula is C70H132O6. The summed E-state index contributed by atoms with van der Waals surface area (Å²) in [5.74, 6) is -0.863. The van der Waals surface area contributed by atoms with Crippen molar-refractivity contribution in [1.82, 2.24) is 0 Å². The van der Waals surface area contributed by atoms with Crippen molar-refractivity contribution in [3.63, 3.8) is 0 Å². The second-order valence-corrected chi connectivity index (χ2v) is 23.5. The van der Waals surface area contributed by atoms with Gasteiger partial charge in [0.25, 0.3) is 0 Å². The van der Waals surface area contributed by atoms with Crippen molar-refractivity contribution in [3.05, 3.63) is 24.3 Å². The van der Waals surface area contributed by atoms with Crippen molar-refractivity contribution in [1.29, 1.82) is 0 Å². The van der Waals surface area contributed by atoms with Crippen molar-refractivity contribution in [2.24, 2.45) is 0 Å². The van der Waals surface area contributed by atoms with Crippen LogP contribution in [0.1, 0.15) is 387 Å². The maximum absolute atomic E-state index is 12.8. The monoisotopic (exact) mass is 1070 g/mol. The fraction of sp³-hybridized carbons (Fsp3) is 0.900. The Balaban J connectivity index is 3.90. The molecule has 76 heavy (non-hydrogen) atoms. The predicted octanol–water partition coefficient (Wildman–Crippen LogP) is 23.4. The Hall–Kier alpha value is -2.11. The molecule has 0 fully saturated rings. The molecule has 0 saturated carbocycles. The average Bonchev–Trinajstić information content (AvgIpc) is 3.42. The van der Waals surface area contributed by atoms with Crippen molar-refractivity contribution in [2.45, 2.75) is 393 Å². The van der Waals surface area contributed by atoms with Crippen molar-refractivity contribution < 1.29 is 28.6 Å². The molecule has 0 rings (SSSR count). The molecule has 0 N–H and O–H groups in total. The van der Waals surface area contributed by atoms with E-state index in [0.717, 1.165) is 70.6 Å². The standard InChI is InChI=1S/C70H132O6/c1-4-7-10-13-15-17-19-21-23-25-27-29-30-31-32-33-34-35-36-37-38-39-41-42-44-46-48-50-52-54-57-60-63-69(72)75-66-67(65-74-68(71)62-59-56-12-9-6-3)76-70(73)64-61-58-55-53-51-49-47-45-43-40-28-26-24-22-20-18-16-14-11-8-5-2/h20,22,26,28,67H,4-19,21,23-25,27,29-66H2,1-3H3/b22-20-,28-26-. The summed E-state index contributed by atoms with van der Waals surface area (Å²) in [5.41, 5.74) is 0. The van der Waals surface area contributed by atoms with Crippen LogP contribution in [0, 0.1) is 0 Å². The van der Waals surface area contributed by atoms with E-state index in [2.05, 4.69) is 45.1 Å². The molecule has 0 bridgehead atoms.